The predicted molar refractivity (Wildman–Crippen MR) is 124 cm³/mol. The summed E-state index contributed by atoms with van der Waals surface area (Å²) in [5.41, 5.74) is 1.26. The molecule has 7 nitrogen and oxygen atoms in total. The highest BCUT2D eigenvalue weighted by Crippen LogP contribution is 2.31. The number of piperidine rings is 1. The van der Waals surface area contributed by atoms with Gasteiger partial charge in [-0.1, -0.05) is 43.3 Å². The summed E-state index contributed by atoms with van der Waals surface area (Å²) in [6.07, 6.45) is 3.52. The summed E-state index contributed by atoms with van der Waals surface area (Å²) in [7, 11) is 0. The van der Waals surface area contributed by atoms with E-state index in [-0.39, 0.29) is 11.8 Å². The number of hydrogen-bond acceptors (Lipinski definition) is 6. The molecule has 2 aromatic rings. The summed E-state index contributed by atoms with van der Waals surface area (Å²) in [6, 6.07) is 10.5. The Kier molecular flexibility index (Phi) is 7.26. The molecule has 0 aliphatic carbocycles. The topological polar surface area (TPSA) is 86.8 Å². The van der Waals surface area contributed by atoms with Crippen molar-refractivity contribution in [2.75, 3.05) is 18.0 Å². The van der Waals surface area contributed by atoms with Gasteiger partial charge in [0.2, 0.25) is 11.9 Å². The molecule has 1 saturated heterocycles. The molecule has 166 valence electrons. The van der Waals surface area contributed by atoms with Gasteiger partial charge in [-0.15, -0.1) is 10.2 Å². The Labute approximate surface area is 189 Å². The molecule has 1 amide bonds. The number of amides is 1. The Bertz CT molecular complexity index is 942. The first-order valence-corrected chi connectivity index (χ1v) is 11.8. The van der Waals surface area contributed by atoms with Gasteiger partial charge in [0.05, 0.1) is 17.0 Å². The van der Waals surface area contributed by atoms with Crippen molar-refractivity contribution in [2.24, 2.45) is 5.92 Å². The molecular weight excluding hydrogens is 408 g/mol. The number of thioether (sulfide) groups is 1. The van der Waals surface area contributed by atoms with Gasteiger partial charge in [0.1, 0.15) is 5.54 Å². The largest absolute Gasteiger partial charge is 0.341 e. The van der Waals surface area contributed by atoms with Crippen LogP contribution in [0.3, 0.4) is 0 Å². The van der Waals surface area contributed by atoms with Crippen LogP contribution in [0.15, 0.2) is 29.4 Å². The summed E-state index contributed by atoms with van der Waals surface area (Å²) >= 11 is 1.37. The van der Waals surface area contributed by atoms with Crippen LogP contribution in [0.2, 0.25) is 0 Å². The highest BCUT2D eigenvalue weighted by Gasteiger charge is 2.32. The molecule has 8 heteroatoms. The molecule has 1 N–H and O–H groups in total. The van der Waals surface area contributed by atoms with Crippen LogP contribution >= 0.6 is 11.8 Å². The molecule has 2 unspecified atom stereocenters. The third-order valence-electron chi connectivity index (χ3n) is 5.97. The van der Waals surface area contributed by atoms with Gasteiger partial charge in [-0.05, 0) is 58.1 Å². The van der Waals surface area contributed by atoms with Crippen LogP contribution in [0.25, 0.3) is 5.69 Å². The van der Waals surface area contributed by atoms with Gasteiger partial charge >= 0.3 is 0 Å². The Morgan fingerprint density at radius 1 is 1.16 bits per heavy atom. The first-order chi connectivity index (χ1) is 14.7. The van der Waals surface area contributed by atoms with Crippen LogP contribution in [0.5, 0.6) is 0 Å². The lowest BCUT2D eigenvalue weighted by atomic mass is 9.90. The van der Waals surface area contributed by atoms with E-state index in [0.29, 0.717) is 5.16 Å². The van der Waals surface area contributed by atoms with Crippen molar-refractivity contribution in [3.05, 3.63) is 29.8 Å². The molecule has 1 aliphatic rings. The summed E-state index contributed by atoms with van der Waals surface area (Å²) in [5, 5.41) is 21.7. The molecule has 2 heterocycles. The van der Waals surface area contributed by atoms with Crippen molar-refractivity contribution in [2.45, 2.75) is 69.8 Å². The number of anilines is 1. The molecule has 1 aliphatic heterocycles. The molecule has 0 saturated carbocycles. The van der Waals surface area contributed by atoms with E-state index in [2.05, 4.69) is 57.7 Å². The maximum atomic E-state index is 12.9. The lowest BCUT2D eigenvalue weighted by Gasteiger charge is -2.29. The number of carbonyl (C=O) groups is 1. The third-order valence-corrected chi connectivity index (χ3v) is 7.01. The first kappa shape index (κ1) is 23.1. The predicted octanol–water partition coefficient (Wildman–Crippen LogP) is 4.10. The quantitative estimate of drug-likeness (QED) is 0.652. The van der Waals surface area contributed by atoms with Crippen molar-refractivity contribution >= 4 is 23.6 Å². The zero-order valence-corrected chi connectivity index (χ0v) is 19.9. The first-order valence-electron chi connectivity index (χ1n) is 10.9. The molecular formula is C23H32N6OS. The zero-order chi connectivity index (χ0) is 22.6. The number of hydrogen-bond donors (Lipinski definition) is 1. The smallest absolute Gasteiger partial charge is 0.234 e. The van der Waals surface area contributed by atoms with E-state index >= 15 is 0 Å². The summed E-state index contributed by atoms with van der Waals surface area (Å²) < 4.78 is 2.05. The normalized spacial score (nSPS) is 17.1. The summed E-state index contributed by atoms with van der Waals surface area (Å²) in [4.78, 5) is 15.2. The zero-order valence-electron chi connectivity index (χ0n) is 19.1. The lowest BCUT2D eigenvalue weighted by molar-refractivity contribution is -0.121. The van der Waals surface area contributed by atoms with Gasteiger partial charge in [0.25, 0.3) is 0 Å². The van der Waals surface area contributed by atoms with Crippen molar-refractivity contribution in [3.8, 4) is 11.8 Å². The van der Waals surface area contributed by atoms with Gasteiger partial charge in [0, 0.05) is 13.1 Å². The van der Waals surface area contributed by atoms with E-state index in [1.165, 1.54) is 23.7 Å². The Morgan fingerprint density at radius 3 is 2.39 bits per heavy atom. The molecule has 0 bridgehead atoms. The number of nitriles is 1. The molecule has 0 spiro atoms. The second-order valence-corrected chi connectivity index (χ2v) is 10.0. The molecule has 31 heavy (non-hydrogen) atoms. The van der Waals surface area contributed by atoms with Gasteiger partial charge in [-0.25, -0.2) is 0 Å². The fraction of sp³-hybridized carbons (Fsp3) is 0.565. The maximum Gasteiger partial charge on any atom is 0.234 e. The monoisotopic (exact) mass is 440 g/mol. The number of carbonyl (C=O) groups excluding carboxylic acids is 1. The van der Waals surface area contributed by atoms with E-state index in [1.54, 1.807) is 6.92 Å². The van der Waals surface area contributed by atoms with Crippen LogP contribution in [-0.4, -0.2) is 44.6 Å². The van der Waals surface area contributed by atoms with Gasteiger partial charge < -0.3 is 10.2 Å². The number of aromatic nitrogens is 3. The Morgan fingerprint density at radius 2 is 1.81 bits per heavy atom. The van der Waals surface area contributed by atoms with E-state index < -0.39 is 10.8 Å². The molecule has 1 fully saturated rings. The number of aryl methyl sites for hydroxylation is 1. The minimum absolute atomic E-state index is 0.000524. The van der Waals surface area contributed by atoms with Crippen LogP contribution in [0.1, 0.15) is 52.5 Å². The van der Waals surface area contributed by atoms with E-state index in [0.717, 1.165) is 37.6 Å². The fourth-order valence-corrected chi connectivity index (χ4v) is 4.29. The standard InChI is InChI=1S/C23H32N6OS/c1-16(2)23(5,15-24)25-20(30)18(4)31-22-27-26-21(28-13-7-6-8-14-28)29(22)19-11-9-17(3)10-12-19/h9-12,16,18H,6-8,13-14H2,1-5H3,(H,25,30). The van der Waals surface area contributed by atoms with E-state index in [1.807, 2.05) is 25.3 Å². The highest BCUT2D eigenvalue weighted by atomic mass is 32.2. The Hall–Kier alpha value is -2.53. The second kappa shape index (κ2) is 9.73. The number of benzene rings is 1. The number of nitrogens with one attached hydrogen (secondary N) is 1. The van der Waals surface area contributed by atoms with Crippen LogP contribution in [0.4, 0.5) is 5.95 Å². The molecule has 2 atom stereocenters. The fourth-order valence-electron chi connectivity index (χ4n) is 3.43. The van der Waals surface area contributed by atoms with Crippen LogP contribution in [0, 0.1) is 24.2 Å². The average Bonchev–Trinajstić information content (AvgIpc) is 3.18. The molecule has 1 aromatic carbocycles. The SMILES string of the molecule is Cc1ccc(-n2c(SC(C)C(=O)NC(C)(C#N)C(C)C)nnc2N2CCCCC2)cc1. The second-order valence-electron chi connectivity index (χ2n) is 8.72. The molecule has 0 radical (unpaired) electrons. The number of nitrogens with zero attached hydrogens (tertiary/aromatic N) is 5. The molecule has 1 aromatic heterocycles. The maximum absolute atomic E-state index is 12.9. The summed E-state index contributed by atoms with van der Waals surface area (Å²) in [6.45, 7) is 11.4. The summed E-state index contributed by atoms with van der Waals surface area (Å²) in [5.74, 6) is 0.643. The van der Waals surface area contributed by atoms with E-state index in [9.17, 15) is 10.1 Å². The van der Waals surface area contributed by atoms with Gasteiger partial charge in [0.15, 0.2) is 5.16 Å². The lowest BCUT2D eigenvalue weighted by Crippen LogP contribution is -2.51. The van der Waals surface area contributed by atoms with Crippen molar-refractivity contribution in [1.29, 1.82) is 5.26 Å². The highest BCUT2D eigenvalue weighted by molar-refractivity contribution is 8.00. The van der Waals surface area contributed by atoms with Crippen molar-refractivity contribution < 1.29 is 4.79 Å². The van der Waals surface area contributed by atoms with Crippen LogP contribution in [-0.2, 0) is 4.79 Å². The van der Waals surface area contributed by atoms with Gasteiger partial charge in [-0.2, -0.15) is 5.26 Å². The van der Waals surface area contributed by atoms with Crippen molar-refractivity contribution in [3.63, 3.8) is 0 Å². The van der Waals surface area contributed by atoms with Crippen molar-refractivity contribution in [1.82, 2.24) is 20.1 Å². The number of rotatable bonds is 7. The van der Waals surface area contributed by atoms with E-state index in [4.69, 9.17) is 0 Å². The minimum atomic E-state index is -0.907. The van der Waals surface area contributed by atoms with Gasteiger partial charge in [-0.3, -0.25) is 9.36 Å². The average molecular weight is 441 g/mol. The molecule has 3 rings (SSSR count). The van der Waals surface area contributed by atoms with Crippen LogP contribution < -0.4 is 10.2 Å². The Balaban J connectivity index is 1.88. The minimum Gasteiger partial charge on any atom is -0.341 e. The third kappa shape index (κ3) is 5.21.